The zero-order valence-corrected chi connectivity index (χ0v) is 19.1. The van der Waals surface area contributed by atoms with Gasteiger partial charge in [-0.3, -0.25) is 9.69 Å². The van der Waals surface area contributed by atoms with Gasteiger partial charge in [-0.15, -0.1) is 5.10 Å². The van der Waals surface area contributed by atoms with Gasteiger partial charge in [0.15, 0.2) is 16.7 Å². The van der Waals surface area contributed by atoms with E-state index in [4.69, 9.17) is 13.9 Å². The van der Waals surface area contributed by atoms with Crippen molar-refractivity contribution in [3.8, 4) is 17.2 Å². The number of nitrogens with zero attached hydrogens (tertiary/aromatic N) is 3. The summed E-state index contributed by atoms with van der Waals surface area (Å²) >= 11 is 1.11. The predicted octanol–water partition coefficient (Wildman–Crippen LogP) is 4.65. The predicted molar refractivity (Wildman–Crippen MR) is 127 cm³/mol. The monoisotopic (exact) mass is 481 g/mol. The van der Waals surface area contributed by atoms with E-state index in [0.29, 0.717) is 21.4 Å². The molecular weight excluding hydrogens is 461 g/mol. The Hall–Kier alpha value is -4.05. The van der Waals surface area contributed by atoms with Crippen LogP contribution in [0.2, 0.25) is 0 Å². The van der Waals surface area contributed by atoms with Crippen LogP contribution in [0.15, 0.2) is 74.3 Å². The van der Waals surface area contributed by atoms with Gasteiger partial charge in [-0.1, -0.05) is 18.2 Å². The Bertz CT molecular complexity index is 1260. The van der Waals surface area contributed by atoms with Crippen molar-refractivity contribution in [2.75, 3.05) is 14.2 Å². The summed E-state index contributed by atoms with van der Waals surface area (Å²) in [5.41, 5.74) is 0.856. The second-order valence-electron chi connectivity index (χ2n) is 7.00. The number of carbonyl (C=O) groups is 1. The summed E-state index contributed by atoms with van der Waals surface area (Å²) in [4.78, 5) is 15.0. The normalized spacial score (nSPS) is 16.2. The second-order valence-corrected chi connectivity index (χ2v) is 8.01. The number of halogens is 1. The molecule has 0 atom stereocenters. The summed E-state index contributed by atoms with van der Waals surface area (Å²) in [5.74, 6) is 0.0997. The first-order chi connectivity index (χ1) is 16.5. The SMILES string of the molecule is COc1cc(/C=C2\S/C(=N\N=C\c3ccccc3F)N(Cc3ccco3)C2=O)cc(OC)c1O. The summed E-state index contributed by atoms with van der Waals surface area (Å²) in [5, 5.41) is 18.6. The van der Waals surface area contributed by atoms with Crippen LogP contribution in [0.4, 0.5) is 4.39 Å². The second kappa shape index (κ2) is 10.3. The van der Waals surface area contributed by atoms with Crippen LogP contribution in [-0.2, 0) is 11.3 Å². The molecule has 4 rings (SSSR count). The third kappa shape index (κ3) is 4.96. The molecule has 2 aromatic carbocycles. The van der Waals surface area contributed by atoms with Crippen LogP contribution in [0.1, 0.15) is 16.9 Å². The van der Waals surface area contributed by atoms with Crippen molar-refractivity contribution in [2.24, 2.45) is 10.2 Å². The van der Waals surface area contributed by atoms with Crippen molar-refractivity contribution in [1.29, 1.82) is 0 Å². The van der Waals surface area contributed by atoms with Crippen molar-refractivity contribution < 1.29 is 28.2 Å². The maximum Gasteiger partial charge on any atom is 0.267 e. The number of hydrogen-bond acceptors (Lipinski definition) is 8. The van der Waals surface area contributed by atoms with Crippen molar-refractivity contribution in [1.82, 2.24) is 4.90 Å². The number of phenolic OH excluding ortho intramolecular Hbond substituents is 1. The highest BCUT2D eigenvalue weighted by molar-refractivity contribution is 8.18. The number of amidine groups is 1. The van der Waals surface area contributed by atoms with Crippen molar-refractivity contribution >= 4 is 35.1 Å². The van der Waals surface area contributed by atoms with Crippen LogP contribution in [0.5, 0.6) is 17.2 Å². The largest absolute Gasteiger partial charge is 0.502 e. The standard InChI is InChI=1S/C24H20FN3O5S/c1-31-19-10-15(11-20(32-2)22(19)29)12-21-23(30)28(14-17-7-5-9-33-17)24(34-21)27-26-13-16-6-3-4-8-18(16)25/h3-13,29H,14H2,1-2H3/b21-12-,26-13+,27-24-. The topological polar surface area (TPSA) is 96.9 Å². The smallest absolute Gasteiger partial charge is 0.267 e. The highest BCUT2D eigenvalue weighted by atomic mass is 32.2. The molecule has 174 valence electrons. The lowest BCUT2D eigenvalue weighted by molar-refractivity contribution is -0.122. The number of rotatable bonds is 7. The molecule has 0 bridgehead atoms. The third-order valence-corrected chi connectivity index (χ3v) is 5.82. The Labute approximate surface area is 199 Å². The fourth-order valence-electron chi connectivity index (χ4n) is 3.15. The highest BCUT2D eigenvalue weighted by Crippen LogP contribution is 2.39. The van der Waals surface area contributed by atoms with Crippen molar-refractivity contribution in [2.45, 2.75) is 6.54 Å². The molecule has 1 aliphatic rings. The molecule has 34 heavy (non-hydrogen) atoms. The first-order valence-corrected chi connectivity index (χ1v) is 10.9. The number of phenols is 1. The zero-order chi connectivity index (χ0) is 24.1. The summed E-state index contributed by atoms with van der Waals surface area (Å²) in [6.45, 7) is 0.145. The van der Waals surface area contributed by atoms with Crippen LogP contribution in [-0.4, -0.2) is 41.5 Å². The summed E-state index contributed by atoms with van der Waals surface area (Å²) in [6, 6.07) is 12.8. The van der Waals surface area contributed by atoms with Gasteiger partial charge in [0, 0.05) is 5.56 Å². The maximum atomic E-state index is 13.9. The van der Waals surface area contributed by atoms with E-state index in [1.165, 1.54) is 37.7 Å². The van der Waals surface area contributed by atoms with Gasteiger partial charge in [-0.05, 0) is 53.7 Å². The Kier molecular flexibility index (Phi) is 6.98. The lowest BCUT2D eigenvalue weighted by Gasteiger charge is -2.12. The van der Waals surface area contributed by atoms with Crippen LogP contribution >= 0.6 is 11.8 Å². The molecule has 0 radical (unpaired) electrons. The number of amides is 1. The molecule has 1 fully saturated rings. The molecule has 0 aliphatic carbocycles. The Morgan fingerprint density at radius 1 is 1.15 bits per heavy atom. The van der Waals surface area contributed by atoms with E-state index >= 15 is 0 Å². The van der Waals surface area contributed by atoms with Crippen LogP contribution in [0.25, 0.3) is 6.08 Å². The van der Waals surface area contributed by atoms with E-state index in [0.717, 1.165) is 11.8 Å². The van der Waals surface area contributed by atoms with Gasteiger partial charge in [0.05, 0.1) is 38.1 Å². The fraction of sp³-hybridized carbons (Fsp3) is 0.125. The highest BCUT2D eigenvalue weighted by Gasteiger charge is 2.34. The van der Waals surface area contributed by atoms with Gasteiger partial charge in [0.25, 0.3) is 5.91 Å². The third-order valence-electron chi connectivity index (χ3n) is 4.83. The fourth-order valence-corrected chi connectivity index (χ4v) is 4.08. The lowest BCUT2D eigenvalue weighted by atomic mass is 10.1. The van der Waals surface area contributed by atoms with Gasteiger partial charge >= 0.3 is 0 Å². The molecule has 3 aromatic rings. The van der Waals surface area contributed by atoms with Gasteiger partial charge in [-0.25, -0.2) is 4.39 Å². The number of aromatic hydroxyl groups is 1. The number of thioether (sulfide) groups is 1. The molecule has 0 spiro atoms. The minimum atomic E-state index is -0.426. The molecule has 8 nitrogen and oxygen atoms in total. The van der Waals surface area contributed by atoms with Crippen LogP contribution < -0.4 is 9.47 Å². The minimum absolute atomic E-state index is 0.137. The van der Waals surface area contributed by atoms with Crippen LogP contribution in [0.3, 0.4) is 0 Å². The van der Waals surface area contributed by atoms with Crippen LogP contribution in [0, 0.1) is 5.82 Å². The maximum absolute atomic E-state index is 13.9. The van der Waals surface area contributed by atoms with E-state index in [1.807, 2.05) is 0 Å². The lowest BCUT2D eigenvalue weighted by Crippen LogP contribution is -2.28. The van der Waals surface area contributed by atoms with E-state index in [9.17, 15) is 14.3 Å². The van der Waals surface area contributed by atoms with Crippen molar-refractivity contribution in [3.05, 3.63) is 82.4 Å². The Morgan fingerprint density at radius 2 is 1.88 bits per heavy atom. The molecule has 1 amide bonds. The summed E-state index contributed by atoms with van der Waals surface area (Å²) < 4.78 is 29.6. The molecule has 10 heteroatoms. The van der Waals surface area contributed by atoms with E-state index in [1.54, 1.807) is 48.5 Å². The number of carbonyl (C=O) groups excluding carboxylic acids is 1. The molecule has 1 aromatic heterocycles. The van der Waals surface area contributed by atoms with Gasteiger partial charge in [-0.2, -0.15) is 5.10 Å². The number of benzene rings is 2. The molecule has 1 N–H and O–H groups in total. The Balaban J connectivity index is 1.67. The Morgan fingerprint density at radius 3 is 2.53 bits per heavy atom. The van der Waals surface area contributed by atoms with E-state index in [2.05, 4.69) is 10.2 Å². The first-order valence-electron chi connectivity index (χ1n) is 10.0. The molecular formula is C24H20FN3O5S. The number of ether oxygens (including phenoxy) is 2. The van der Waals surface area contributed by atoms with Gasteiger partial charge < -0.3 is 19.0 Å². The summed E-state index contributed by atoms with van der Waals surface area (Å²) in [7, 11) is 2.84. The summed E-state index contributed by atoms with van der Waals surface area (Å²) in [6.07, 6.45) is 4.44. The van der Waals surface area contributed by atoms with Crippen molar-refractivity contribution in [3.63, 3.8) is 0 Å². The van der Waals surface area contributed by atoms with E-state index < -0.39 is 5.82 Å². The van der Waals surface area contributed by atoms with Gasteiger partial charge in [0.1, 0.15) is 11.6 Å². The van der Waals surface area contributed by atoms with Gasteiger partial charge in [0.2, 0.25) is 5.75 Å². The molecule has 1 saturated heterocycles. The average molecular weight is 482 g/mol. The number of hydrogen-bond donors (Lipinski definition) is 1. The zero-order valence-electron chi connectivity index (χ0n) is 18.3. The quantitative estimate of drug-likeness (QED) is 0.300. The molecule has 0 unspecified atom stereocenters. The first kappa shape index (κ1) is 23.1. The number of furan rings is 1. The number of methoxy groups -OCH3 is 2. The molecule has 1 aliphatic heterocycles. The average Bonchev–Trinajstić information content (AvgIpc) is 3.45. The van der Waals surface area contributed by atoms with E-state index in [-0.39, 0.29) is 35.3 Å². The molecule has 0 saturated carbocycles. The minimum Gasteiger partial charge on any atom is -0.502 e. The molecule has 2 heterocycles.